The third kappa shape index (κ3) is 2.49. The van der Waals surface area contributed by atoms with Crippen molar-refractivity contribution in [2.75, 3.05) is 6.67 Å². The molecule has 0 radical (unpaired) electrons. The number of halogens is 14. The van der Waals surface area contributed by atoms with Gasteiger partial charge in [-0.25, -0.2) is 8.78 Å². The Morgan fingerprint density at radius 2 is 0.667 bits per heavy atom. The number of alkyl halides is 14. The molecule has 0 aliphatic rings. The van der Waals surface area contributed by atoms with E-state index in [1.807, 2.05) is 0 Å². The second kappa shape index (κ2) is 4.76. The number of hydrogen-bond acceptors (Lipinski definition) is 0. The van der Waals surface area contributed by atoms with Crippen LogP contribution >= 0.6 is 0 Å². The van der Waals surface area contributed by atoms with Crippen molar-refractivity contribution >= 4 is 0 Å². The van der Waals surface area contributed by atoms with Gasteiger partial charge in [0, 0.05) is 0 Å². The summed E-state index contributed by atoms with van der Waals surface area (Å²) in [4.78, 5) is 0. The smallest absolute Gasteiger partial charge is 0.247 e. The molecule has 0 bridgehead atoms. The van der Waals surface area contributed by atoms with Gasteiger partial charge < -0.3 is 0 Å². The van der Waals surface area contributed by atoms with Gasteiger partial charge in [0.15, 0.2) is 0 Å². The average Bonchev–Trinajstić information content (AvgIpc) is 2.08. The van der Waals surface area contributed by atoms with Crippen molar-refractivity contribution in [2.24, 2.45) is 5.41 Å². The summed E-state index contributed by atoms with van der Waals surface area (Å²) in [6.45, 7) is -4.24. The molecule has 0 saturated carbocycles. The summed E-state index contributed by atoms with van der Waals surface area (Å²) in [5.41, 5.74) is -15.3. The van der Waals surface area contributed by atoms with E-state index in [0.29, 0.717) is 0 Å². The van der Waals surface area contributed by atoms with E-state index in [2.05, 4.69) is 0 Å². The van der Waals surface area contributed by atoms with Crippen LogP contribution in [0.4, 0.5) is 61.5 Å². The highest BCUT2D eigenvalue weighted by Gasteiger charge is 2.96. The first-order chi connectivity index (χ1) is 8.81. The normalized spacial score (nSPS) is 18.6. The highest BCUT2D eigenvalue weighted by atomic mass is 19.4. The molecule has 0 heterocycles. The van der Waals surface area contributed by atoms with Crippen LogP contribution in [0.2, 0.25) is 0 Å². The van der Waals surface area contributed by atoms with Crippen molar-refractivity contribution in [3.63, 3.8) is 0 Å². The SMILES string of the molecule is FCC(F)(C(F)(F)F)C(C(F)(F)F)(C(F)(F)F)C(F)(F)F. The third-order valence-electron chi connectivity index (χ3n) is 2.50. The summed E-state index contributed by atoms with van der Waals surface area (Å²) < 4.78 is 172. The molecule has 0 fully saturated rings. The third-order valence-corrected chi connectivity index (χ3v) is 2.50. The fourth-order valence-electron chi connectivity index (χ4n) is 1.54. The molecule has 0 saturated heterocycles. The van der Waals surface area contributed by atoms with Crippen LogP contribution in [0.3, 0.4) is 0 Å². The lowest BCUT2D eigenvalue weighted by Crippen LogP contribution is -2.75. The Labute approximate surface area is 105 Å². The first-order valence-corrected chi connectivity index (χ1v) is 4.33. The Morgan fingerprint density at radius 3 is 0.714 bits per heavy atom. The highest BCUT2D eigenvalue weighted by Crippen LogP contribution is 2.68. The van der Waals surface area contributed by atoms with E-state index in [4.69, 9.17) is 0 Å². The largest absolute Gasteiger partial charge is 0.426 e. The van der Waals surface area contributed by atoms with Gasteiger partial charge >= 0.3 is 24.7 Å². The Hall–Kier alpha value is -0.980. The van der Waals surface area contributed by atoms with Crippen molar-refractivity contribution in [3.05, 3.63) is 0 Å². The molecule has 1 unspecified atom stereocenters. The lowest BCUT2D eigenvalue weighted by molar-refractivity contribution is -0.486. The Balaban J connectivity index is 7.01. The molecule has 0 aromatic heterocycles. The molecule has 0 nitrogen and oxygen atoms in total. The lowest BCUT2D eigenvalue weighted by Gasteiger charge is -2.46. The molecule has 0 N–H and O–H groups in total. The fourth-order valence-corrected chi connectivity index (χ4v) is 1.54. The second-order valence-electron chi connectivity index (χ2n) is 3.68. The van der Waals surface area contributed by atoms with Crippen LogP contribution < -0.4 is 0 Å². The molecule has 128 valence electrons. The molecule has 0 amide bonds. The van der Waals surface area contributed by atoms with Crippen molar-refractivity contribution in [1.29, 1.82) is 0 Å². The molecule has 0 rings (SSSR count). The zero-order chi connectivity index (χ0) is 17.7. The van der Waals surface area contributed by atoms with Crippen molar-refractivity contribution in [2.45, 2.75) is 30.4 Å². The van der Waals surface area contributed by atoms with Crippen molar-refractivity contribution in [3.8, 4) is 0 Å². The Bertz CT molecular complexity index is 329. The molecule has 21 heavy (non-hydrogen) atoms. The summed E-state index contributed by atoms with van der Waals surface area (Å²) >= 11 is 0. The molecule has 0 aliphatic heterocycles. The molecular formula is C7H2F14. The van der Waals surface area contributed by atoms with Crippen LogP contribution in [-0.2, 0) is 0 Å². The van der Waals surface area contributed by atoms with Crippen LogP contribution in [-0.4, -0.2) is 37.0 Å². The van der Waals surface area contributed by atoms with Crippen LogP contribution in [0.15, 0.2) is 0 Å². The molecule has 0 aliphatic carbocycles. The van der Waals surface area contributed by atoms with Crippen molar-refractivity contribution < 1.29 is 61.5 Å². The summed E-state index contributed by atoms with van der Waals surface area (Å²) in [6.07, 6.45) is -31.0. The minimum Gasteiger partial charge on any atom is -0.247 e. The number of rotatable bonds is 2. The molecule has 0 aromatic carbocycles. The second-order valence-corrected chi connectivity index (χ2v) is 3.68. The van der Waals surface area contributed by atoms with E-state index in [9.17, 15) is 61.5 Å². The van der Waals surface area contributed by atoms with Crippen LogP contribution in [0, 0.1) is 5.41 Å². The predicted octanol–water partition coefficient (Wildman–Crippen LogP) is 4.90. The van der Waals surface area contributed by atoms with Gasteiger partial charge in [-0.3, -0.25) is 0 Å². The quantitative estimate of drug-likeness (QED) is 0.621. The summed E-state index contributed by atoms with van der Waals surface area (Å²) in [5, 5.41) is 0. The predicted molar refractivity (Wildman–Crippen MR) is 36.5 cm³/mol. The maximum Gasteiger partial charge on any atom is 0.426 e. The van der Waals surface area contributed by atoms with E-state index in [-0.39, 0.29) is 0 Å². The maximum atomic E-state index is 13.2. The molecule has 0 aromatic rings. The fraction of sp³-hybridized carbons (Fsp3) is 1.00. The standard InChI is InChI=1S/C7H2F14/c8-1-2(9,4(10,11)12)3(5(13,14)15,6(16,17)18)7(19,20)21/h1H2. The zero-order valence-corrected chi connectivity index (χ0v) is 9.00. The maximum absolute atomic E-state index is 13.2. The monoisotopic (exact) mass is 352 g/mol. The first-order valence-electron chi connectivity index (χ1n) is 4.33. The van der Waals surface area contributed by atoms with E-state index in [1.54, 1.807) is 0 Å². The van der Waals surface area contributed by atoms with Gasteiger partial charge in [-0.05, 0) is 0 Å². The van der Waals surface area contributed by atoms with Crippen LogP contribution in [0.1, 0.15) is 0 Å². The van der Waals surface area contributed by atoms with Gasteiger partial charge in [0.05, 0.1) is 0 Å². The minimum atomic E-state index is -7.97. The van der Waals surface area contributed by atoms with E-state index >= 15 is 0 Å². The molecule has 14 heteroatoms. The molecular weight excluding hydrogens is 350 g/mol. The lowest BCUT2D eigenvalue weighted by atomic mass is 9.70. The van der Waals surface area contributed by atoms with Gasteiger partial charge in [-0.1, -0.05) is 0 Å². The molecule has 0 spiro atoms. The Kier molecular flexibility index (Phi) is 4.54. The zero-order valence-electron chi connectivity index (χ0n) is 9.00. The van der Waals surface area contributed by atoms with Crippen LogP contribution in [0.5, 0.6) is 0 Å². The van der Waals surface area contributed by atoms with Gasteiger partial charge in [0.25, 0.3) is 11.1 Å². The first kappa shape index (κ1) is 20.0. The van der Waals surface area contributed by atoms with Gasteiger partial charge in [0.2, 0.25) is 0 Å². The summed E-state index contributed by atoms with van der Waals surface area (Å²) in [7, 11) is 0. The average molecular weight is 352 g/mol. The topological polar surface area (TPSA) is 0 Å². The van der Waals surface area contributed by atoms with E-state index in [0.717, 1.165) is 0 Å². The van der Waals surface area contributed by atoms with E-state index < -0.39 is 42.5 Å². The molecule has 1 atom stereocenters. The number of hydrogen-bond donors (Lipinski definition) is 0. The van der Waals surface area contributed by atoms with Crippen molar-refractivity contribution in [1.82, 2.24) is 0 Å². The van der Waals surface area contributed by atoms with Gasteiger partial charge in [-0.2, -0.15) is 52.7 Å². The van der Waals surface area contributed by atoms with Gasteiger partial charge in [-0.15, -0.1) is 0 Å². The van der Waals surface area contributed by atoms with Crippen LogP contribution in [0.25, 0.3) is 0 Å². The van der Waals surface area contributed by atoms with E-state index in [1.165, 1.54) is 0 Å². The summed E-state index contributed by atoms with van der Waals surface area (Å²) in [6, 6.07) is 0. The minimum absolute atomic E-state index is 4.24. The summed E-state index contributed by atoms with van der Waals surface area (Å²) in [5.74, 6) is 0. The highest BCUT2D eigenvalue weighted by molar-refractivity contribution is 5.15. The Morgan fingerprint density at radius 1 is 0.429 bits per heavy atom. The van der Waals surface area contributed by atoms with Gasteiger partial charge in [0.1, 0.15) is 6.67 Å².